The van der Waals surface area contributed by atoms with Crippen LogP contribution in [0.1, 0.15) is 43.4 Å². The van der Waals surface area contributed by atoms with Gasteiger partial charge in [-0.25, -0.2) is 4.39 Å². The van der Waals surface area contributed by atoms with Crippen LogP contribution < -0.4 is 5.32 Å². The van der Waals surface area contributed by atoms with Gasteiger partial charge in [-0.1, -0.05) is 13.0 Å². The molecule has 0 aromatic heterocycles. The molecule has 4 unspecified atom stereocenters. The summed E-state index contributed by atoms with van der Waals surface area (Å²) in [6.07, 6.45) is 4.26. The number of benzene rings is 1. The monoisotopic (exact) mass is 263 g/mol. The number of aryl methyl sites for hydroxylation is 1. The lowest BCUT2D eigenvalue weighted by atomic mass is 9.80. The fourth-order valence-corrected chi connectivity index (χ4v) is 3.71. The predicted octanol–water partition coefficient (Wildman–Crippen LogP) is 3.35. The van der Waals surface area contributed by atoms with E-state index in [-0.39, 0.29) is 11.9 Å². The van der Waals surface area contributed by atoms with Gasteiger partial charge in [0.05, 0.1) is 12.2 Å². The Morgan fingerprint density at radius 1 is 1.37 bits per heavy atom. The highest BCUT2D eigenvalue weighted by atomic mass is 19.1. The summed E-state index contributed by atoms with van der Waals surface area (Å²) >= 11 is 0. The molecule has 0 aliphatic carbocycles. The number of fused-ring (bicyclic) bond motifs is 2. The van der Waals surface area contributed by atoms with Gasteiger partial charge in [-0.3, -0.25) is 0 Å². The lowest BCUT2D eigenvalue weighted by molar-refractivity contribution is 0.0858. The average molecular weight is 263 g/mol. The molecule has 2 aliphatic heterocycles. The van der Waals surface area contributed by atoms with Crippen molar-refractivity contribution < 1.29 is 9.13 Å². The van der Waals surface area contributed by atoms with E-state index in [1.807, 2.05) is 6.92 Å². The van der Waals surface area contributed by atoms with Crippen molar-refractivity contribution in [2.75, 3.05) is 6.54 Å². The van der Waals surface area contributed by atoms with Crippen LogP contribution in [-0.2, 0) is 4.74 Å². The fourth-order valence-electron chi connectivity index (χ4n) is 3.71. The van der Waals surface area contributed by atoms with E-state index in [0.717, 1.165) is 30.5 Å². The molecule has 1 aromatic rings. The van der Waals surface area contributed by atoms with Crippen molar-refractivity contribution in [3.8, 4) is 0 Å². The molecular weight excluding hydrogens is 241 g/mol. The van der Waals surface area contributed by atoms with Gasteiger partial charge < -0.3 is 10.1 Å². The molecule has 2 nitrogen and oxygen atoms in total. The Morgan fingerprint density at radius 3 is 2.79 bits per heavy atom. The first-order chi connectivity index (χ1) is 9.17. The summed E-state index contributed by atoms with van der Waals surface area (Å²) < 4.78 is 19.6. The minimum Gasteiger partial charge on any atom is -0.375 e. The smallest absolute Gasteiger partial charge is 0.123 e. The van der Waals surface area contributed by atoms with Crippen LogP contribution in [0.15, 0.2) is 18.2 Å². The molecule has 2 heterocycles. The molecule has 0 spiro atoms. The van der Waals surface area contributed by atoms with Crippen LogP contribution in [0.2, 0.25) is 0 Å². The van der Waals surface area contributed by atoms with Gasteiger partial charge in [0.25, 0.3) is 0 Å². The third-order valence-electron chi connectivity index (χ3n) is 4.43. The van der Waals surface area contributed by atoms with Gasteiger partial charge in [-0.2, -0.15) is 0 Å². The third-order valence-corrected chi connectivity index (χ3v) is 4.43. The zero-order valence-corrected chi connectivity index (χ0v) is 11.7. The van der Waals surface area contributed by atoms with E-state index < -0.39 is 0 Å². The molecule has 2 saturated heterocycles. The maximum Gasteiger partial charge on any atom is 0.123 e. The molecular formula is C16H22FNO. The van der Waals surface area contributed by atoms with Gasteiger partial charge in [-0.05, 0) is 56.0 Å². The van der Waals surface area contributed by atoms with Gasteiger partial charge in [0.1, 0.15) is 5.82 Å². The predicted molar refractivity (Wildman–Crippen MR) is 73.6 cm³/mol. The zero-order chi connectivity index (χ0) is 13.4. The summed E-state index contributed by atoms with van der Waals surface area (Å²) in [7, 11) is 0. The average Bonchev–Trinajstić information content (AvgIpc) is 2.96. The summed E-state index contributed by atoms with van der Waals surface area (Å²) in [6.45, 7) is 4.95. The van der Waals surface area contributed by atoms with E-state index in [9.17, 15) is 4.39 Å². The summed E-state index contributed by atoms with van der Waals surface area (Å²) in [6, 6.07) is 5.58. The molecule has 19 heavy (non-hydrogen) atoms. The maximum atomic E-state index is 13.6. The van der Waals surface area contributed by atoms with Crippen molar-refractivity contribution in [2.24, 2.45) is 5.92 Å². The molecule has 3 rings (SSSR count). The first-order valence-corrected chi connectivity index (χ1v) is 7.33. The minimum atomic E-state index is -0.137. The number of halogens is 1. The van der Waals surface area contributed by atoms with Crippen LogP contribution in [0.25, 0.3) is 0 Å². The lowest BCUT2D eigenvalue weighted by Gasteiger charge is -2.29. The van der Waals surface area contributed by atoms with Gasteiger partial charge in [-0.15, -0.1) is 0 Å². The third kappa shape index (κ3) is 2.54. The molecule has 2 fully saturated rings. The standard InChI is InChI=1S/C16H22FNO/c1-3-18-16(11-6-10(2)7-12(17)8-11)14-9-13-4-5-15(14)19-13/h6-8,13-16,18H,3-5,9H2,1-2H3. The molecule has 2 aliphatic rings. The molecule has 0 amide bonds. The quantitative estimate of drug-likeness (QED) is 0.899. The molecule has 4 atom stereocenters. The molecule has 1 N–H and O–H groups in total. The molecule has 3 heteroatoms. The number of hydrogen-bond acceptors (Lipinski definition) is 2. The number of hydrogen-bond donors (Lipinski definition) is 1. The molecule has 0 radical (unpaired) electrons. The Labute approximate surface area is 114 Å². The van der Waals surface area contributed by atoms with Gasteiger partial charge in [0.2, 0.25) is 0 Å². The van der Waals surface area contributed by atoms with Gasteiger partial charge in [0, 0.05) is 12.0 Å². The van der Waals surface area contributed by atoms with Crippen LogP contribution in [0.5, 0.6) is 0 Å². The first-order valence-electron chi connectivity index (χ1n) is 7.33. The highest BCUT2D eigenvalue weighted by Gasteiger charge is 2.44. The maximum absolute atomic E-state index is 13.6. The van der Waals surface area contributed by atoms with Crippen molar-refractivity contribution in [2.45, 2.75) is 51.4 Å². The van der Waals surface area contributed by atoms with Crippen LogP contribution in [0.3, 0.4) is 0 Å². The SMILES string of the molecule is CCNC(c1cc(C)cc(F)c1)C1CC2CCC1O2. The Bertz CT molecular complexity index is 442. The van der Waals surface area contributed by atoms with E-state index in [2.05, 4.69) is 18.3 Å². The second-order valence-electron chi connectivity index (χ2n) is 5.87. The molecule has 104 valence electrons. The minimum absolute atomic E-state index is 0.137. The van der Waals surface area contributed by atoms with Crippen molar-refractivity contribution in [3.63, 3.8) is 0 Å². The van der Waals surface area contributed by atoms with Crippen LogP contribution in [0.4, 0.5) is 4.39 Å². The number of nitrogens with one attached hydrogen (secondary N) is 1. The second-order valence-corrected chi connectivity index (χ2v) is 5.87. The normalized spacial score (nSPS) is 30.8. The van der Waals surface area contributed by atoms with E-state index in [1.54, 1.807) is 12.1 Å². The summed E-state index contributed by atoms with van der Waals surface area (Å²) in [5.41, 5.74) is 2.06. The molecule has 0 saturated carbocycles. The topological polar surface area (TPSA) is 21.3 Å². The van der Waals surface area contributed by atoms with Crippen LogP contribution in [0, 0.1) is 18.7 Å². The van der Waals surface area contributed by atoms with Crippen molar-refractivity contribution >= 4 is 0 Å². The highest BCUT2D eigenvalue weighted by molar-refractivity contribution is 5.27. The summed E-state index contributed by atoms with van der Waals surface area (Å²) in [5.74, 6) is 0.349. The van der Waals surface area contributed by atoms with Crippen molar-refractivity contribution in [1.29, 1.82) is 0 Å². The number of ether oxygens (including phenoxy) is 1. The molecule has 1 aromatic carbocycles. The van der Waals surface area contributed by atoms with Crippen molar-refractivity contribution in [1.82, 2.24) is 5.32 Å². The Kier molecular flexibility index (Phi) is 3.59. The van der Waals surface area contributed by atoms with Gasteiger partial charge in [0.15, 0.2) is 0 Å². The second kappa shape index (κ2) is 5.22. The van der Waals surface area contributed by atoms with E-state index >= 15 is 0 Å². The van der Waals surface area contributed by atoms with Crippen LogP contribution >= 0.6 is 0 Å². The van der Waals surface area contributed by atoms with Gasteiger partial charge >= 0.3 is 0 Å². The zero-order valence-electron chi connectivity index (χ0n) is 11.7. The van der Waals surface area contributed by atoms with E-state index in [1.165, 1.54) is 6.42 Å². The largest absolute Gasteiger partial charge is 0.375 e. The Hall–Kier alpha value is -0.930. The Balaban J connectivity index is 1.87. The first kappa shape index (κ1) is 13.1. The highest BCUT2D eigenvalue weighted by Crippen LogP contribution is 2.44. The Morgan fingerprint density at radius 2 is 2.21 bits per heavy atom. The fraction of sp³-hybridized carbons (Fsp3) is 0.625. The lowest BCUT2D eigenvalue weighted by Crippen LogP contribution is -2.33. The number of rotatable bonds is 4. The summed E-state index contributed by atoms with van der Waals surface area (Å²) in [5, 5.41) is 3.53. The van der Waals surface area contributed by atoms with Crippen LogP contribution in [-0.4, -0.2) is 18.8 Å². The molecule has 2 bridgehead atoms. The van der Waals surface area contributed by atoms with E-state index in [4.69, 9.17) is 4.74 Å². The van der Waals surface area contributed by atoms with Crippen molar-refractivity contribution in [3.05, 3.63) is 35.1 Å². The summed E-state index contributed by atoms with van der Waals surface area (Å²) in [4.78, 5) is 0. The van der Waals surface area contributed by atoms with E-state index in [0.29, 0.717) is 18.1 Å².